The van der Waals surface area contributed by atoms with Gasteiger partial charge in [0.25, 0.3) is 0 Å². The van der Waals surface area contributed by atoms with Crippen molar-refractivity contribution < 1.29 is 13.2 Å². The van der Waals surface area contributed by atoms with E-state index in [1.807, 2.05) is 4.90 Å². The third-order valence-electron chi connectivity index (χ3n) is 3.25. The fourth-order valence-corrected chi connectivity index (χ4v) is 2.31. The second-order valence-electron chi connectivity index (χ2n) is 4.69. The number of alkyl halides is 3. The Morgan fingerprint density at radius 1 is 1.37 bits per heavy atom. The lowest BCUT2D eigenvalue weighted by Crippen LogP contribution is -2.42. The van der Waals surface area contributed by atoms with Crippen molar-refractivity contribution in [2.45, 2.75) is 25.1 Å². The number of hydrogen-bond acceptors (Lipinski definition) is 3. The van der Waals surface area contributed by atoms with Crippen LogP contribution in [0.15, 0.2) is 18.2 Å². The molecule has 1 saturated heterocycles. The molecule has 1 aliphatic rings. The van der Waals surface area contributed by atoms with Gasteiger partial charge < -0.3 is 10.6 Å². The van der Waals surface area contributed by atoms with Crippen LogP contribution in [0.3, 0.4) is 0 Å². The lowest BCUT2D eigenvalue weighted by Gasteiger charge is -2.32. The largest absolute Gasteiger partial charge is 0.417 e. The molecule has 1 fully saturated rings. The summed E-state index contributed by atoms with van der Waals surface area (Å²) in [6, 6.07) is 5.31. The molecule has 1 aliphatic heterocycles. The predicted molar refractivity (Wildman–Crippen MR) is 65.6 cm³/mol. The zero-order valence-corrected chi connectivity index (χ0v) is 10.2. The van der Waals surface area contributed by atoms with Gasteiger partial charge in [-0.05, 0) is 31.0 Å². The summed E-state index contributed by atoms with van der Waals surface area (Å²) in [6.45, 7) is 1.36. The number of nitriles is 1. The number of nitrogens with zero attached hydrogens (tertiary/aromatic N) is 2. The van der Waals surface area contributed by atoms with Gasteiger partial charge in [0, 0.05) is 24.8 Å². The zero-order chi connectivity index (χ0) is 14.0. The fraction of sp³-hybridized carbons (Fsp3) is 0.462. The number of anilines is 1. The quantitative estimate of drug-likeness (QED) is 0.852. The zero-order valence-electron chi connectivity index (χ0n) is 10.2. The van der Waals surface area contributed by atoms with Gasteiger partial charge in [0.2, 0.25) is 0 Å². The molecular weight excluding hydrogens is 255 g/mol. The summed E-state index contributed by atoms with van der Waals surface area (Å²) in [5.41, 5.74) is 5.24. The van der Waals surface area contributed by atoms with Crippen LogP contribution >= 0.6 is 0 Å². The molecule has 2 rings (SSSR count). The number of hydrogen-bond donors (Lipinski definition) is 1. The van der Waals surface area contributed by atoms with E-state index in [9.17, 15) is 13.2 Å². The van der Waals surface area contributed by atoms with Gasteiger partial charge in [0.05, 0.1) is 17.2 Å². The van der Waals surface area contributed by atoms with Crippen LogP contribution in [0.1, 0.15) is 24.0 Å². The first-order valence-corrected chi connectivity index (χ1v) is 6.03. The van der Waals surface area contributed by atoms with Gasteiger partial charge in [-0.15, -0.1) is 0 Å². The minimum Gasteiger partial charge on any atom is -0.370 e. The first-order valence-electron chi connectivity index (χ1n) is 6.03. The van der Waals surface area contributed by atoms with Crippen LogP contribution < -0.4 is 10.6 Å². The van der Waals surface area contributed by atoms with Crippen molar-refractivity contribution >= 4 is 5.69 Å². The van der Waals surface area contributed by atoms with E-state index in [0.717, 1.165) is 25.5 Å². The van der Waals surface area contributed by atoms with Gasteiger partial charge in [-0.2, -0.15) is 18.4 Å². The minimum atomic E-state index is -4.50. The molecule has 102 valence electrons. The Kier molecular flexibility index (Phi) is 3.67. The highest BCUT2D eigenvalue weighted by atomic mass is 19.4. The molecule has 2 N–H and O–H groups in total. The highest BCUT2D eigenvalue weighted by Crippen LogP contribution is 2.34. The molecule has 0 amide bonds. The maximum atomic E-state index is 12.7. The van der Waals surface area contributed by atoms with Crippen molar-refractivity contribution in [1.29, 1.82) is 5.26 Å². The van der Waals surface area contributed by atoms with E-state index < -0.39 is 11.7 Å². The first-order chi connectivity index (χ1) is 8.91. The second-order valence-corrected chi connectivity index (χ2v) is 4.69. The Balaban J connectivity index is 2.32. The fourth-order valence-electron chi connectivity index (χ4n) is 2.31. The number of rotatable bonds is 1. The molecule has 1 heterocycles. The number of halogens is 3. The Morgan fingerprint density at radius 2 is 2.11 bits per heavy atom. The third kappa shape index (κ3) is 2.99. The summed E-state index contributed by atoms with van der Waals surface area (Å²) >= 11 is 0. The SMILES string of the molecule is N#Cc1cc(N2CCCC(N)C2)ccc1C(F)(F)F. The smallest absolute Gasteiger partial charge is 0.370 e. The predicted octanol–water partition coefficient (Wildman–Crippen LogP) is 2.50. The van der Waals surface area contributed by atoms with Crippen LogP contribution in [-0.4, -0.2) is 19.1 Å². The van der Waals surface area contributed by atoms with Gasteiger partial charge >= 0.3 is 6.18 Å². The van der Waals surface area contributed by atoms with Gasteiger partial charge in [-0.25, -0.2) is 0 Å². The van der Waals surface area contributed by atoms with Gasteiger partial charge in [-0.3, -0.25) is 0 Å². The van der Waals surface area contributed by atoms with Crippen LogP contribution in [0.5, 0.6) is 0 Å². The van der Waals surface area contributed by atoms with Crippen molar-refractivity contribution in [1.82, 2.24) is 0 Å². The summed E-state index contributed by atoms with van der Waals surface area (Å²) in [5, 5.41) is 8.86. The summed E-state index contributed by atoms with van der Waals surface area (Å²) in [7, 11) is 0. The molecule has 19 heavy (non-hydrogen) atoms. The third-order valence-corrected chi connectivity index (χ3v) is 3.25. The summed E-state index contributed by atoms with van der Waals surface area (Å²) in [6.07, 6.45) is -2.67. The Bertz CT molecular complexity index is 505. The van der Waals surface area contributed by atoms with E-state index in [1.54, 1.807) is 6.07 Å². The molecule has 6 heteroatoms. The lowest BCUT2D eigenvalue weighted by molar-refractivity contribution is -0.137. The molecule has 1 aromatic rings. The van der Waals surface area contributed by atoms with E-state index in [-0.39, 0.29) is 11.6 Å². The molecule has 1 atom stereocenters. The van der Waals surface area contributed by atoms with Crippen LogP contribution in [0.4, 0.5) is 18.9 Å². The van der Waals surface area contributed by atoms with Gasteiger partial charge in [-0.1, -0.05) is 0 Å². The van der Waals surface area contributed by atoms with Crippen LogP contribution in [-0.2, 0) is 6.18 Å². The molecule has 0 spiro atoms. The molecule has 0 aliphatic carbocycles. The highest BCUT2D eigenvalue weighted by molar-refractivity contribution is 5.55. The molecule has 0 saturated carbocycles. The normalized spacial score (nSPS) is 20.2. The number of piperidine rings is 1. The molecule has 0 aromatic heterocycles. The molecular formula is C13H14F3N3. The average molecular weight is 269 g/mol. The topological polar surface area (TPSA) is 53.0 Å². The van der Waals surface area contributed by atoms with Crippen LogP contribution in [0.2, 0.25) is 0 Å². The van der Waals surface area contributed by atoms with E-state index in [4.69, 9.17) is 11.0 Å². The Labute approximate surface area is 109 Å². The lowest BCUT2D eigenvalue weighted by atomic mass is 10.0. The second kappa shape index (κ2) is 5.10. The number of nitrogens with two attached hydrogens (primary N) is 1. The van der Waals surface area contributed by atoms with E-state index >= 15 is 0 Å². The Hall–Kier alpha value is -1.74. The van der Waals surface area contributed by atoms with Gasteiger partial charge in [0.1, 0.15) is 0 Å². The molecule has 1 unspecified atom stereocenters. The highest BCUT2D eigenvalue weighted by Gasteiger charge is 2.34. The standard InChI is InChI=1S/C13H14F3N3/c14-13(15,16)12-4-3-11(6-9(12)7-17)19-5-1-2-10(18)8-19/h3-4,6,10H,1-2,5,8,18H2. The average Bonchev–Trinajstić information content (AvgIpc) is 2.37. The van der Waals surface area contributed by atoms with Gasteiger partial charge in [0.15, 0.2) is 0 Å². The first kappa shape index (κ1) is 13.7. The van der Waals surface area contributed by atoms with Crippen molar-refractivity contribution in [3.63, 3.8) is 0 Å². The number of benzene rings is 1. The molecule has 0 bridgehead atoms. The van der Waals surface area contributed by atoms with E-state index in [0.29, 0.717) is 12.2 Å². The van der Waals surface area contributed by atoms with Crippen LogP contribution in [0, 0.1) is 11.3 Å². The van der Waals surface area contributed by atoms with E-state index in [1.165, 1.54) is 12.1 Å². The maximum Gasteiger partial charge on any atom is 0.417 e. The monoisotopic (exact) mass is 269 g/mol. The van der Waals surface area contributed by atoms with Crippen molar-refractivity contribution in [2.24, 2.45) is 5.73 Å². The minimum absolute atomic E-state index is 0.0292. The van der Waals surface area contributed by atoms with Crippen LogP contribution in [0.25, 0.3) is 0 Å². The molecule has 3 nitrogen and oxygen atoms in total. The van der Waals surface area contributed by atoms with Crippen molar-refractivity contribution in [3.8, 4) is 6.07 Å². The summed E-state index contributed by atoms with van der Waals surface area (Å²) in [5.74, 6) is 0. The molecule has 1 aromatic carbocycles. The van der Waals surface area contributed by atoms with E-state index in [2.05, 4.69) is 0 Å². The van der Waals surface area contributed by atoms with Crippen molar-refractivity contribution in [2.75, 3.05) is 18.0 Å². The summed E-state index contributed by atoms with van der Waals surface area (Å²) < 4.78 is 38.1. The Morgan fingerprint density at radius 3 is 2.68 bits per heavy atom. The van der Waals surface area contributed by atoms with Crippen molar-refractivity contribution in [3.05, 3.63) is 29.3 Å². The maximum absolute atomic E-state index is 12.7. The molecule has 0 radical (unpaired) electrons. The summed E-state index contributed by atoms with van der Waals surface area (Å²) in [4.78, 5) is 1.93.